The second kappa shape index (κ2) is 9.89. The van der Waals surface area contributed by atoms with Crippen molar-refractivity contribution in [3.8, 4) is 5.75 Å². The van der Waals surface area contributed by atoms with Crippen molar-refractivity contribution in [2.75, 3.05) is 6.54 Å². The summed E-state index contributed by atoms with van der Waals surface area (Å²) < 4.78 is 72.5. The molecule has 192 valence electrons. The van der Waals surface area contributed by atoms with Crippen molar-refractivity contribution in [2.45, 2.75) is 38.8 Å². The van der Waals surface area contributed by atoms with Crippen molar-refractivity contribution < 1.29 is 31.5 Å². The lowest BCUT2D eigenvalue weighted by atomic mass is 9.91. The smallest absolute Gasteiger partial charge is 0.343 e. The van der Waals surface area contributed by atoms with Crippen LogP contribution >= 0.6 is 0 Å². The predicted molar refractivity (Wildman–Crippen MR) is 123 cm³/mol. The molecule has 1 aliphatic carbocycles. The molecule has 1 aliphatic rings. The van der Waals surface area contributed by atoms with Gasteiger partial charge in [0.05, 0.1) is 34.9 Å². The molecule has 0 saturated heterocycles. The molecular weight excluding hydrogens is 495 g/mol. The molecule has 11 heteroatoms. The molecule has 4 aromatic rings. The van der Waals surface area contributed by atoms with Crippen LogP contribution in [0.2, 0.25) is 0 Å². The molecule has 0 bridgehead atoms. The minimum absolute atomic E-state index is 0.134. The monoisotopic (exact) mass is 516 g/mol. The Hall–Kier alpha value is -3.86. The predicted octanol–water partition coefficient (Wildman–Crippen LogP) is 5.77. The summed E-state index contributed by atoms with van der Waals surface area (Å²) in [5.74, 6) is -13.5. The molecule has 0 radical (unpaired) electrons. The number of fused-ring (bicyclic) bond motifs is 2. The van der Waals surface area contributed by atoms with Gasteiger partial charge in [-0.1, -0.05) is 13.0 Å². The van der Waals surface area contributed by atoms with Gasteiger partial charge < -0.3 is 9.72 Å². The van der Waals surface area contributed by atoms with Gasteiger partial charge in [-0.05, 0) is 55.6 Å². The van der Waals surface area contributed by atoms with E-state index in [9.17, 15) is 26.7 Å². The molecule has 2 aromatic carbocycles. The van der Waals surface area contributed by atoms with E-state index in [0.29, 0.717) is 23.4 Å². The highest BCUT2D eigenvalue weighted by Crippen LogP contribution is 2.34. The number of hydrogen-bond acceptors (Lipinski definition) is 5. The van der Waals surface area contributed by atoms with Gasteiger partial charge in [0.1, 0.15) is 5.82 Å². The van der Waals surface area contributed by atoms with Crippen molar-refractivity contribution in [1.82, 2.24) is 19.9 Å². The summed E-state index contributed by atoms with van der Waals surface area (Å²) in [5, 5.41) is 0. The fourth-order valence-electron chi connectivity index (χ4n) is 4.67. The first-order chi connectivity index (χ1) is 17.8. The number of aromatic nitrogens is 3. The average molecular weight is 516 g/mol. The lowest BCUT2D eigenvalue weighted by Crippen LogP contribution is -2.32. The van der Waals surface area contributed by atoms with E-state index in [1.165, 1.54) is 23.8 Å². The number of aryl methyl sites for hydroxylation is 1. The number of nitrogens with zero attached hydrogens (tertiary/aromatic N) is 3. The Labute approximate surface area is 208 Å². The molecule has 1 atom stereocenters. The summed E-state index contributed by atoms with van der Waals surface area (Å²) in [6.07, 6.45) is 4.80. The van der Waals surface area contributed by atoms with Crippen LogP contribution in [0, 0.1) is 29.1 Å². The van der Waals surface area contributed by atoms with E-state index in [-0.39, 0.29) is 11.6 Å². The Kier molecular flexibility index (Phi) is 6.63. The van der Waals surface area contributed by atoms with Gasteiger partial charge in [0, 0.05) is 6.20 Å². The third kappa shape index (κ3) is 4.55. The number of esters is 1. The second-order valence-corrected chi connectivity index (χ2v) is 8.72. The fraction of sp³-hybridized carbons (Fsp3) is 0.269. The zero-order chi connectivity index (χ0) is 26.3. The number of imidazole rings is 1. The van der Waals surface area contributed by atoms with E-state index in [0.717, 1.165) is 31.5 Å². The third-order valence-electron chi connectivity index (χ3n) is 6.50. The molecular formula is C26H21F5N4O2. The Morgan fingerprint density at radius 3 is 2.54 bits per heavy atom. The third-order valence-corrected chi connectivity index (χ3v) is 6.50. The molecule has 0 aliphatic heterocycles. The Morgan fingerprint density at radius 1 is 1.08 bits per heavy atom. The molecule has 0 spiro atoms. The molecule has 2 heterocycles. The van der Waals surface area contributed by atoms with Gasteiger partial charge in [0.15, 0.2) is 0 Å². The highest BCUT2D eigenvalue weighted by molar-refractivity contribution is 5.94. The molecule has 1 N–H and O–H groups in total. The quantitative estimate of drug-likeness (QED) is 0.116. The van der Waals surface area contributed by atoms with Crippen molar-refractivity contribution in [2.24, 2.45) is 0 Å². The van der Waals surface area contributed by atoms with Gasteiger partial charge in [-0.25, -0.2) is 22.9 Å². The molecule has 0 amide bonds. The number of carbonyl (C=O) groups excluding carboxylic acids is 1. The van der Waals surface area contributed by atoms with Crippen LogP contribution in [0.5, 0.6) is 5.75 Å². The lowest BCUT2D eigenvalue weighted by molar-refractivity contribution is 0.0716. The zero-order valence-electron chi connectivity index (χ0n) is 19.6. The number of benzene rings is 2. The first kappa shape index (κ1) is 24.8. The Morgan fingerprint density at radius 2 is 1.81 bits per heavy atom. The van der Waals surface area contributed by atoms with Gasteiger partial charge >= 0.3 is 5.97 Å². The minimum atomic E-state index is -2.34. The van der Waals surface area contributed by atoms with Crippen LogP contribution in [0.3, 0.4) is 0 Å². The second-order valence-electron chi connectivity index (χ2n) is 8.72. The Balaban J connectivity index is 1.38. The number of halogens is 5. The van der Waals surface area contributed by atoms with E-state index in [2.05, 4.69) is 30.7 Å². The van der Waals surface area contributed by atoms with Gasteiger partial charge in [0.25, 0.3) is 0 Å². The molecule has 2 aromatic heterocycles. The van der Waals surface area contributed by atoms with Crippen LogP contribution < -0.4 is 4.74 Å². The van der Waals surface area contributed by atoms with Crippen LogP contribution in [-0.2, 0) is 13.0 Å². The first-order valence-electron chi connectivity index (χ1n) is 11.7. The summed E-state index contributed by atoms with van der Waals surface area (Å²) in [6.45, 7) is 3.28. The van der Waals surface area contributed by atoms with Crippen LogP contribution in [0.1, 0.15) is 53.2 Å². The number of H-pyrrole nitrogens is 1. The number of ether oxygens (including phenoxy) is 1. The molecule has 1 unspecified atom stereocenters. The lowest BCUT2D eigenvalue weighted by Gasteiger charge is -2.33. The van der Waals surface area contributed by atoms with Gasteiger partial charge in [0.2, 0.25) is 34.8 Å². The standard InChI is InChI=1S/C26H21F5N4O2/c1-2-35(17-7-3-5-13-6-4-10-32-24(13)17)12-18-33-15-9-8-14(11-16(15)34-18)26(36)37-25-22(30)20(28)19(27)21(29)23(25)31/h4,6,8-11,17H,2-3,5,7,12H2,1H3,(H,33,34). The fourth-order valence-corrected chi connectivity index (χ4v) is 4.67. The molecule has 0 saturated carbocycles. The normalized spacial score (nSPS) is 15.3. The number of aromatic amines is 1. The topological polar surface area (TPSA) is 71.1 Å². The molecule has 6 nitrogen and oxygen atoms in total. The highest BCUT2D eigenvalue weighted by atomic mass is 19.2. The minimum Gasteiger partial charge on any atom is -0.416 e. The van der Waals surface area contributed by atoms with Crippen molar-refractivity contribution in [1.29, 1.82) is 0 Å². The van der Waals surface area contributed by atoms with Gasteiger partial charge in [-0.2, -0.15) is 8.78 Å². The van der Waals surface area contributed by atoms with Crippen LogP contribution in [-0.4, -0.2) is 32.4 Å². The van der Waals surface area contributed by atoms with Crippen LogP contribution in [0.25, 0.3) is 11.0 Å². The van der Waals surface area contributed by atoms with Gasteiger partial charge in [-0.15, -0.1) is 0 Å². The average Bonchev–Trinajstić information content (AvgIpc) is 3.33. The Bertz CT molecular complexity index is 1480. The maximum Gasteiger partial charge on any atom is 0.343 e. The summed E-state index contributed by atoms with van der Waals surface area (Å²) >= 11 is 0. The molecule has 0 fully saturated rings. The summed E-state index contributed by atoms with van der Waals surface area (Å²) in [7, 11) is 0. The zero-order valence-corrected chi connectivity index (χ0v) is 19.6. The first-order valence-corrected chi connectivity index (χ1v) is 11.7. The van der Waals surface area contributed by atoms with Gasteiger partial charge in [-0.3, -0.25) is 9.88 Å². The number of hydrogen-bond donors (Lipinski definition) is 1. The maximum absolute atomic E-state index is 13.9. The molecule has 37 heavy (non-hydrogen) atoms. The van der Waals surface area contributed by atoms with Crippen LogP contribution in [0.15, 0.2) is 36.5 Å². The van der Waals surface area contributed by atoms with E-state index in [4.69, 9.17) is 0 Å². The number of nitrogens with one attached hydrogen (secondary N) is 1. The number of carbonyl (C=O) groups is 1. The summed E-state index contributed by atoms with van der Waals surface area (Å²) in [4.78, 5) is 27.0. The van der Waals surface area contributed by atoms with E-state index >= 15 is 0 Å². The largest absolute Gasteiger partial charge is 0.416 e. The van der Waals surface area contributed by atoms with E-state index in [1.807, 2.05) is 13.0 Å². The van der Waals surface area contributed by atoms with Crippen molar-refractivity contribution in [3.05, 3.63) is 88.3 Å². The number of pyridine rings is 1. The highest BCUT2D eigenvalue weighted by Gasteiger charge is 2.29. The van der Waals surface area contributed by atoms with Crippen LogP contribution in [0.4, 0.5) is 22.0 Å². The summed E-state index contributed by atoms with van der Waals surface area (Å²) in [6, 6.07) is 8.30. The number of rotatable bonds is 6. The molecule has 5 rings (SSSR count). The summed E-state index contributed by atoms with van der Waals surface area (Å²) in [5.41, 5.74) is 3.11. The maximum atomic E-state index is 13.9. The van der Waals surface area contributed by atoms with E-state index in [1.54, 1.807) is 6.20 Å². The van der Waals surface area contributed by atoms with Crippen molar-refractivity contribution in [3.63, 3.8) is 0 Å². The SMILES string of the molecule is CCN(Cc1nc2ccc(C(=O)Oc3c(F)c(F)c(F)c(F)c3F)cc2[nH]1)C1CCCc2cccnc21. The van der Waals surface area contributed by atoms with E-state index < -0.39 is 40.8 Å². The van der Waals surface area contributed by atoms with Crippen molar-refractivity contribution >= 4 is 17.0 Å².